The number of phenolic OH excluding ortho intramolecular Hbond substituents is 1. The predicted molar refractivity (Wildman–Crippen MR) is 64.6 cm³/mol. The Morgan fingerprint density at radius 1 is 1.31 bits per heavy atom. The molecule has 1 heterocycles. The van der Waals surface area contributed by atoms with Gasteiger partial charge in [0.1, 0.15) is 5.75 Å². The van der Waals surface area contributed by atoms with Gasteiger partial charge in [0.05, 0.1) is 11.1 Å². The molecule has 3 heteroatoms. The summed E-state index contributed by atoms with van der Waals surface area (Å²) in [5.74, 6) is 0.280. The van der Waals surface area contributed by atoms with Crippen LogP contribution in [0.1, 0.15) is 19.5 Å². The predicted octanol–water partition coefficient (Wildman–Crippen LogP) is 2.20. The van der Waals surface area contributed by atoms with E-state index in [1.54, 1.807) is 19.9 Å². The third kappa shape index (κ3) is 1.91. The Morgan fingerprint density at radius 2 is 2.00 bits per heavy atom. The van der Waals surface area contributed by atoms with Crippen molar-refractivity contribution in [3.8, 4) is 5.75 Å². The molecule has 16 heavy (non-hydrogen) atoms. The number of fused-ring (bicyclic) bond motifs is 1. The summed E-state index contributed by atoms with van der Waals surface area (Å²) in [5, 5.41) is 20.6. The van der Waals surface area contributed by atoms with Gasteiger partial charge in [0, 0.05) is 24.5 Å². The highest BCUT2D eigenvalue weighted by Gasteiger charge is 2.17. The molecule has 2 rings (SSSR count). The molecule has 0 aliphatic carbocycles. The van der Waals surface area contributed by atoms with E-state index in [2.05, 4.69) is 0 Å². The van der Waals surface area contributed by atoms with Crippen molar-refractivity contribution in [1.82, 2.24) is 4.57 Å². The van der Waals surface area contributed by atoms with Crippen LogP contribution in [0.5, 0.6) is 5.75 Å². The van der Waals surface area contributed by atoms with Crippen LogP contribution >= 0.6 is 0 Å². The van der Waals surface area contributed by atoms with Crippen LogP contribution in [-0.2, 0) is 13.5 Å². The molecule has 2 N–H and O–H groups in total. The first-order valence-electron chi connectivity index (χ1n) is 5.37. The first-order valence-corrected chi connectivity index (χ1v) is 5.37. The van der Waals surface area contributed by atoms with E-state index in [-0.39, 0.29) is 5.75 Å². The van der Waals surface area contributed by atoms with Crippen molar-refractivity contribution >= 4 is 10.9 Å². The van der Waals surface area contributed by atoms with Gasteiger partial charge in [-0.2, -0.15) is 0 Å². The van der Waals surface area contributed by atoms with Gasteiger partial charge >= 0.3 is 0 Å². The van der Waals surface area contributed by atoms with Gasteiger partial charge < -0.3 is 14.8 Å². The Morgan fingerprint density at radius 3 is 2.56 bits per heavy atom. The fourth-order valence-corrected chi connectivity index (χ4v) is 2.06. The second-order valence-electron chi connectivity index (χ2n) is 4.90. The van der Waals surface area contributed by atoms with Crippen LogP contribution in [0.4, 0.5) is 0 Å². The molecule has 0 saturated heterocycles. The standard InChI is InChI=1S/C13H17NO2/c1-13(2,16)8-10-7-9-5-4-6-11(15)12(9)14(10)3/h4-7,15-16H,8H2,1-3H3. The highest BCUT2D eigenvalue weighted by Crippen LogP contribution is 2.28. The largest absolute Gasteiger partial charge is 0.506 e. The minimum absolute atomic E-state index is 0.280. The lowest BCUT2D eigenvalue weighted by Crippen LogP contribution is -2.23. The summed E-state index contributed by atoms with van der Waals surface area (Å²) < 4.78 is 1.93. The molecule has 0 aliphatic rings. The Labute approximate surface area is 94.9 Å². The lowest BCUT2D eigenvalue weighted by atomic mass is 10.0. The quantitative estimate of drug-likeness (QED) is 0.813. The van der Waals surface area contributed by atoms with Gasteiger partial charge in [-0.25, -0.2) is 0 Å². The number of hydrogen-bond donors (Lipinski definition) is 2. The van der Waals surface area contributed by atoms with Gasteiger partial charge in [0.2, 0.25) is 0 Å². The normalized spacial score (nSPS) is 12.2. The Balaban J connectivity index is 2.57. The van der Waals surface area contributed by atoms with Crippen LogP contribution in [0.15, 0.2) is 24.3 Å². The van der Waals surface area contributed by atoms with E-state index in [9.17, 15) is 10.2 Å². The van der Waals surface area contributed by atoms with Crippen molar-refractivity contribution in [1.29, 1.82) is 0 Å². The van der Waals surface area contributed by atoms with Gasteiger partial charge in [-0.15, -0.1) is 0 Å². The fraction of sp³-hybridized carbons (Fsp3) is 0.385. The van der Waals surface area contributed by atoms with Crippen molar-refractivity contribution in [2.24, 2.45) is 7.05 Å². The highest BCUT2D eigenvalue weighted by atomic mass is 16.3. The molecule has 0 saturated carbocycles. The molecule has 0 atom stereocenters. The average Bonchev–Trinajstić information content (AvgIpc) is 2.42. The minimum atomic E-state index is -0.738. The van der Waals surface area contributed by atoms with E-state index < -0.39 is 5.60 Å². The number of aliphatic hydroxyl groups is 1. The molecule has 0 amide bonds. The van der Waals surface area contributed by atoms with Crippen LogP contribution in [0, 0.1) is 0 Å². The van der Waals surface area contributed by atoms with E-state index in [1.165, 1.54) is 0 Å². The van der Waals surface area contributed by atoms with Gasteiger partial charge in [0.15, 0.2) is 0 Å². The molecule has 86 valence electrons. The molecular formula is C13H17NO2. The molecule has 3 nitrogen and oxygen atoms in total. The SMILES string of the molecule is Cn1c(CC(C)(C)O)cc2cccc(O)c21. The van der Waals surface area contributed by atoms with Gasteiger partial charge in [-0.3, -0.25) is 0 Å². The third-order valence-electron chi connectivity index (χ3n) is 2.75. The summed E-state index contributed by atoms with van der Waals surface area (Å²) in [5.41, 5.74) is 1.10. The van der Waals surface area contributed by atoms with Crippen LogP contribution in [0.3, 0.4) is 0 Å². The number of aryl methyl sites for hydroxylation is 1. The maximum atomic E-state index is 9.81. The molecule has 1 aromatic heterocycles. The lowest BCUT2D eigenvalue weighted by molar-refractivity contribution is 0.0793. The summed E-state index contributed by atoms with van der Waals surface area (Å²) >= 11 is 0. The third-order valence-corrected chi connectivity index (χ3v) is 2.75. The minimum Gasteiger partial charge on any atom is -0.506 e. The molecule has 0 unspecified atom stereocenters. The molecular weight excluding hydrogens is 202 g/mol. The summed E-state index contributed by atoms with van der Waals surface area (Å²) in [6.07, 6.45) is 0.567. The Kier molecular flexibility index (Phi) is 2.43. The van der Waals surface area contributed by atoms with Crippen LogP contribution < -0.4 is 0 Å². The molecule has 1 aromatic carbocycles. The van der Waals surface area contributed by atoms with Gasteiger partial charge in [0.25, 0.3) is 0 Å². The summed E-state index contributed by atoms with van der Waals surface area (Å²) in [4.78, 5) is 0. The molecule has 0 fully saturated rings. The number of phenols is 1. The maximum Gasteiger partial charge on any atom is 0.139 e. The monoisotopic (exact) mass is 219 g/mol. The summed E-state index contributed by atoms with van der Waals surface area (Å²) in [6, 6.07) is 7.47. The number of benzene rings is 1. The molecule has 0 spiro atoms. The van der Waals surface area contributed by atoms with Crippen LogP contribution in [0.25, 0.3) is 10.9 Å². The second-order valence-corrected chi connectivity index (χ2v) is 4.90. The van der Waals surface area contributed by atoms with Crippen molar-refractivity contribution in [3.63, 3.8) is 0 Å². The Hall–Kier alpha value is -1.48. The first kappa shape index (κ1) is 11.0. The van der Waals surface area contributed by atoms with Crippen LogP contribution in [-0.4, -0.2) is 20.4 Å². The topological polar surface area (TPSA) is 45.4 Å². The number of para-hydroxylation sites is 1. The number of hydrogen-bond acceptors (Lipinski definition) is 2. The second kappa shape index (κ2) is 3.52. The number of nitrogens with zero attached hydrogens (tertiary/aromatic N) is 1. The number of aromatic hydroxyl groups is 1. The van der Waals surface area contributed by atoms with Gasteiger partial charge in [-0.05, 0) is 26.0 Å². The molecule has 0 radical (unpaired) electrons. The van der Waals surface area contributed by atoms with Crippen molar-refractivity contribution in [2.75, 3.05) is 0 Å². The van der Waals surface area contributed by atoms with E-state index in [4.69, 9.17) is 0 Å². The zero-order chi connectivity index (χ0) is 11.9. The Bertz CT molecular complexity index is 520. The maximum absolute atomic E-state index is 9.81. The number of aromatic nitrogens is 1. The molecule has 0 aliphatic heterocycles. The average molecular weight is 219 g/mol. The summed E-state index contributed by atoms with van der Waals surface area (Å²) in [6.45, 7) is 3.56. The zero-order valence-electron chi connectivity index (χ0n) is 9.86. The van der Waals surface area contributed by atoms with E-state index in [0.717, 1.165) is 16.6 Å². The molecule has 0 bridgehead atoms. The van der Waals surface area contributed by atoms with E-state index in [1.807, 2.05) is 29.8 Å². The lowest BCUT2D eigenvalue weighted by Gasteiger charge is -2.17. The van der Waals surface area contributed by atoms with Crippen LogP contribution in [0.2, 0.25) is 0 Å². The highest BCUT2D eigenvalue weighted by molar-refractivity contribution is 5.86. The summed E-state index contributed by atoms with van der Waals surface area (Å²) in [7, 11) is 1.91. The number of rotatable bonds is 2. The van der Waals surface area contributed by atoms with Crippen molar-refractivity contribution in [2.45, 2.75) is 25.9 Å². The van der Waals surface area contributed by atoms with E-state index >= 15 is 0 Å². The van der Waals surface area contributed by atoms with E-state index in [0.29, 0.717) is 6.42 Å². The first-order chi connectivity index (χ1) is 7.38. The molecule has 2 aromatic rings. The van der Waals surface area contributed by atoms with Gasteiger partial charge in [-0.1, -0.05) is 12.1 Å². The van der Waals surface area contributed by atoms with Crippen molar-refractivity contribution < 1.29 is 10.2 Å². The van der Waals surface area contributed by atoms with Crippen molar-refractivity contribution in [3.05, 3.63) is 30.0 Å². The fourth-order valence-electron chi connectivity index (χ4n) is 2.06. The smallest absolute Gasteiger partial charge is 0.139 e. The zero-order valence-corrected chi connectivity index (χ0v) is 9.86.